The van der Waals surface area contributed by atoms with Crippen molar-refractivity contribution in [3.63, 3.8) is 0 Å². The van der Waals surface area contributed by atoms with Crippen molar-refractivity contribution in [1.29, 1.82) is 0 Å². The average Bonchev–Trinajstić information content (AvgIpc) is 3.48. The molecule has 0 bridgehead atoms. The smallest absolute Gasteiger partial charge is 0.232 e. The summed E-state index contributed by atoms with van der Waals surface area (Å²) in [5.74, 6) is -1.21. The third kappa shape index (κ3) is 4.34. The molecule has 0 amide bonds. The second-order valence-electron chi connectivity index (χ2n) is 8.05. The summed E-state index contributed by atoms with van der Waals surface area (Å²) in [4.78, 5) is 11.1. The van der Waals surface area contributed by atoms with E-state index in [9.17, 15) is 8.78 Å². The van der Waals surface area contributed by atoms with Crippen LogP contribution in [0.1, 0.15) is 25.3 Å². The zero-order valence-electron chi connectivity index (χ0n) is 18.0. The molecule has 1 aromatic carbocycles. The third-order valence-electron chi connectivity index (χ3n) is 5.88. The van der Waals surface area contributed by atoms with Crippen LogP contribution in [0.2, 0.25) is 0 Å². The maximum absolute atomic E-state index is 14.3. The highest BCUT2D eigenvalue weighted by molar-refractivity contribution is 5.63. The fraction of sp³-hybridized carbons (Fsp3) is 0.304. The van der Waals surface area contributed by atoms with Crippen molar-refractivity contribution in [2.24, 2.45) is 0 Å². The molecule has 1 fully saturated rings. The van der Waals surface area contributed by atoms with Gasteiger partial charge in [-0.3, -0.25) is 4.68 Å². The Bertz CT molecular complexity index is 1250. The predicted molar refractivity (Wildman–Crippen MR) is 121 cm³/mol. The second-order valence-corrected chi connectivity index (χ2v) is 8.05. The van der Waals surface area contributed by atoms with Gasteiger partial charge in [0.2, 0.25) is 5.95 Å². The lowest BCUT2D eigenvalue weighted by Crippen LogP contribution is -2.35. The summed E-state index contributed by atoms with van der Waals surface area (Å²) in [5.41, 5.74) is 0.854. The standard InChI is InChI=1S/C23H24F2N8/c1-2-3-11-31-12-8-17(9-13-31)32-15-16(14-27-32)28-23-30-22(29-20-7-10-26-33(20)23)21-18(24)5-4-6-19(21)25/h2,4-7,10,14-15,17H,1,3,8-9,11-13H2,(H,28,29,30). The number of aromatic nitrogens is 6. The molecule has 170 valence electrons. The molecule has 0 saturated carbocycles. The van der Waals surface area contributed by atoms with E-state index in [1.807, 2.05) is 17.0 Å². The summed E-state index contributed by atoms with van der Waals surface area (Å²) in [5, 5.41) is 11.9. The van der Waals surface area contributed by atoms with E-state index in [0.717, 1.165) is 38.9 Å². The highest BCUT2D eigenvalue weighted by Gasteiger charge is 2.21. The summed E-state index contributed by atoms with van der Waals surface area (Å²) in [6, 6.07) is 5.64. The summed E-state index contributed by atoms with van der Waals surface area (Å²) in [6.45, 7) is 6.89. The Morgan fingerprint density at radius 2 is 1.88 bits per heavy atom. The van der Waals surface area contributed by atoms with E-state index in [1.165, 1.54) is 22.7 Å². The van der Waals surface area contributed by atoms with Crippen LogP contribution >= 0.6 is 0 Å². The fourth-order valence-corrected chi connectivity index (χ4v) is 4.14. The molecule has 1 N–H and O–H groups in total. The quantitative estimate of drug-likeness (QED) is 0.425. The maximum Gasteiger partial charge on any atom is 0.232 e. The van der Waals surface area contributed by atoms with E-state index in [4.69, 9.17) is 0 Å². The summed E-state index contributed by atoms with van der Waals surface area (Å²) in [7, 11) is 0. The molecular weight excluding hydrogens is 426 g/mol. The number of fused-ring (bicyclic) bond motifs is 1. The Kier molecular flexibility index (Phi) is 5.82. The minimum absolute atomic E-state index is 0.0552. The number of piperidine rings is 1. The van der Waals surface area contributed by atoms with Crippen LogP contribution in [0, 0.1) is 11.6 Å². The van der Waals surface area contributed by atoms with Gasteiger partial charge in [0.1, 0.15) is 11.6 Å². The van der Waals surface area contributed by atoms with E-state index < -0.39 is 11.6 Å². The number of benzene rings is 1. The van der Waals surface area contributed by atoms with Crippen molar-refractivity contribution < 1.29 is 8.78 Å². The van der Waals surface area contributed by atoms with Gasteiger partial charge in [-0.25, -0.2) is 13.8 Å². The minimum atomic E-state index is -0.725. The largest absolute Gasteiger partial charge is 0.321 e. The van der Waals surface area contributed by atoms with Gasteiger partial charge in [-0.1, -0.05) is 12.1 Å². The van der Waals surface area contributed by atoms with Crippen molar-refractivity contribution in [2.45, 2.75) is 25.3 Å². The van der Waals surface area contributed by atoms with Crippen LogP contribution in [0.3, 0.4) is 0 Å². The van der Waals surface area contributed by atoms with Gasteiger partial charge < -0.3 is 10.2 Å². The number of anilines is 2. The van der Waals surface area contributed by atoms with Crippen molar-refractivity contribution >= 4 is 17.3 Å². The third-order valence-corrected chi connectivity index (χ3v) is 5.88. The van der Waals surface area contributed by atoms with Crippen molar-refractivity contribution in [1.82, 2.24) is 34.3 Å². The molecule has 1 saturated heterocycles. The van der Waals surface area contributed by atoms with E-state index in [2.05, 4.69) is 37.0 Å². The first-order valence-corrected chi connectivity index (χ1v) is 10.9. The lowest BCUT2D eigenvalue weighted by atomic mass is 10.1. The number of hydrogen-bond donors (Lipinski definition) is 1. The number of likely N-dealkylation sites (tertiary alicyclic amines) is 1. The zero-order chi connectivity index (χ0) is 22.8. The lowest BCUT2D eigenvalue weighted by Gasteiger charge is -2.31. The van der Waals surface area contributed by atoms with E-state index in [0.29, 0.717) is 23.3 Å². The highest BCUT2D eigenvalue weighted by atomic mass is 19.1. The molecule has 33 heavy (non-hydrogen) atoms. The first-order valence-electron chi connectivity index (χ1n) is 10.9. The van der Waals surface area contributed by atoms with E-state index in [1.54, 1.807) is 18.5 Å². The van der Waals surface area contributed by atoms with Crippen LogP contribution in [0.5, 0.6) is 0 Å². The number of rotatable bonds is 7. The van der Waals surface area contributed by atoms with Gasteiger partial charge in [0.25, 0.3) is 0 Å². The average molecular weight is 450 g/mol. The highest BCUT2D eigenvalue weighted by Crippen LogP contribution is 2.27. The Morgan fingerprint density at radius 3 is 2.64 bits per heavy atom. The normalized spacial score (nSPS) is 15.2. The van der Waals surface area contributed by atoms with Crippen molar-refractivity contribution in [2.75, 3.05) is 25.0 Å². The van der Waals surface area contributed by atoms with Gasteiger partial charge in [0.15, 0.2) is 11.5 Å². The van der Waals surface area contributed by atoms with Crippen LogP contribution in [-0.4, -0.2) is 53.9 Å². The van der Waals surface area contributed by atoms with Crippen molar-refractivity contribution in [3.05, 3.63) is 67.1 Å². The van der Waals surface area contributed by atoms with Crippen molar-refractivity contribution in [3.8, 4) is 11.4 Å². The molecule has 3 aromatic heterocycles. The minimum Gasteiger partial charge on any atom is -0.321 e. The molecule has 1 aliphatic rings. The molecule has 8 nitrogen and oxygen atoms in total. The maximum atomic E-state index is 14.3. The van der Waals surface area contributed by atoms with Gasteiger partial charge in [-0.05, 0) is 31.4 Å². The summed E-state index contributed by atoms with van der Waals surface area (Å²) >= 11 is 0. The van der Waals surface area contributed by atoms with Crippen LogP contribution in [-0.2, 0) is 0 Å². The first kappa shape index (κ1) is 21.2. The van der Waals surface area contributed by atoms with Crippen LogP contribution in [0.4, 0.5) is 20.4 Å². The fourth-order valence-electron chi connectivity index (χ4n) is 4.14. The molecule has 0 aliphatic carbocycles. The molecule has 1 aliphatic heterocycles. The van der Waals surface area contributed by atoms with Gasteiger partial charge in [0.05, 0.1) is 29.7 Å². The predicted octanol–water partition coefficient (Wildman–Crippen LogP) is 4.22. The van der Waals surface area contributed by atoms with Crippen LogP contribution < -0.4 is 5.32 Å². The molecule has 0 spiro atoms. The van der Waals surface area contributed by atoms with Gasteiger partial charge in [0, 0.05) is 31.9 Å². The molecule has 0 unspecified atom stereocenters. The Labute approximate surface area is 189 Å². The number of hydrogen-bond acceptors (Lipinski definition) is 6. The van der Waals surface area contributed by atoms with Gasteiger partial charge in [-0.15, -0.1) is 6.58 Å². The second kappa shape index (κ2) is 9.07. The summed E-state index contributed by atoms with van der Waals surface area (Å²) in [6.07, 6.45) is 10.2. The van der Waals surface area contributed by atoms with Gasteiger partial charge in [-0.2, -0.15) is 19.7 Å². The summed E-state index contributed by atoms with van der Waals surface area (Å²) < 4.78 is 32.1. The molecular formula is C23H24F2N8. The van der Waals surface area contributed by atoms with E-state index in [-0.39, 0.29) is 11.4 Å². The molecule has 4 aromatic rings. The van der Waals surface area contributed by atoms with E-state index >= 15 is 0 Å². The van der Waals surface area contributed by atoms with Crippen LogP contribution in [0.25, 0.3) is 17.0 Å². The zero-order valence-corrected chi connectivity index (χ0v) is 18.0. The molecule has 10 heteroatoms. The molecule has 5 rings (SSSR count). The Morgan fingerprint density at radius 1 is 1.09 bits per heavy atom. The number of nitrogens with zero attached hydrogens (tertiary/aromatic N) is 7. The first-order chi connectivity index (χ1) is 16.1. The van der Waals surface area contributed by atoms with Crippen LogP contribution in [0.15, 0.2) is 55.5 Å². The Balaban J connectivity index is 1.38. The number of nitrogens with one attached hydrogen (secondary N) is 1. The topological polar surface area (TPSA) is 76.2 Å². The molecule has 4 heterocycles. The monoisotopic (exact) mass is 450 g/mol. The SMILES string of the molecule is C=CCCN1CCC(n2cc(Nc3nc(-c4c(F)cccc4F)nc4ccnn34)cn2)CC1. The Hall–Kier alpha value is -3.66. The molecule has 0 radical (unpaired) electrons. The van der Waals surface area contributed by atoms with Gasteiger partial charge >= 0.3 is 0 Å². The molecule has 0 atom stereocenters. The lowest BCUT2D eigenvalue weighted by molar-refractivity contribution is 0.182. The number of halogens is 2.